The van der Waals surface area contributed by atoms with Gasteiger partial charge in [0.05, 0.1) is 4.08 Å². The molecule has 4 rings (SSSR count). The second-order valence-electron chi connectivity index (χ2n) is 8.67. The van der Waals surface area contributed by atoms with Crippen LogP contribution in [0.25, 0.3) is 0 Å². The van der Waals surface area contributed by atoms with Crippen LogP contribution in [0.2, 0.25) is 0 Å². The first-order chi connectivity index (χ1) is 11.2. The molecule has 0 bridgehead atoms. The van der Waals surface area contributed by atoms with Crippen LogP contribution in [0.5, 0.6) is 0 Å². The molecule has 3 saturated carbocycles. The lowest BCUT2D eigenvalue weighted by molar-refractivity contribution is -0.121. The number of fused-ring (bicyclic) bond motifs is 5. The van der Waals surface area contributed by atoms with Gasteiger partial charge in [-0.15, -0.1) is 11.8 Å². The van der Waals surface area contributed by atoms with Crippen LogP contribution >= 0.6 is 24.4 Å². The van der Waals surface area contributed by atoms with Gasteiger partial charge in [-0.25, -0.2) is 4.39 Å². The van der Waals surface area contributed by atoms with Gasteiger partial charge in [-0.05, 0) is 81.1 Å². The summed E-state index contributed by atoms with van der Waals surface area (Å²) < 4.78 is 16.6. The van der Waals surface area contributed by atoms with Gasteiger partial charge < -0.3 is 0 Å². The zero-order valence-corrected chi connectivity index (χ0v) is 16.5. The minimum absolute atomic E-state index is 0.0165. The number of halogens is 1. The number of allylic oxidation sites excluding steroid dienone is 4. The maximum atomic E-state index is 16.6. The third kappa shape index (κ3) is 1.88. The molecule has 0 spiro atoms. The Morgan fingerprint density at radius 3 is 2.67 bits per heavy atom. The van der Waals surface area contributed by atoms with Gasteiger partial charge in [-0.1, -0.05) is 18.6 Å². The highest BCUT2D eigenvalue weighted by Crippen LogP contribution is 2.72. The third-order valence-corrected chi connectivity index (χ3v) is 10.7. The molecule has 0 heterocycles. The quantitative estimate of drug-likeness (QED) is 0.496. The Kier molecular flexibility index (Phi) is 3.70. The Morgan fingerprint density at radius 1 is 1.21 bits per heavy atom. The van der Waals surface area contributed by atoms with Crippen LogP contribution in [0.4, 0.5) is 4.39 Å². The summed E-state index contributed by atoms with van der Waals surface area (Å²) in [5, 5.41) is 0. The van der Waals surface area contributed by atoms with Gasteiger partial charge in [0.2, 0.25) is 0 Å². The van der Waals surface area contributed by atoms with Crippen LogP contribution in [-0.4, -0.2) is 21.8 Å². The average molecular weight is 367 g/mol. The fraction of sp³-hybridized carbons (Fsp3) is 0.750. The highest BCUT2D eigenvalue weighted by atomic mass is 32.2. The van der Waals surface area contributed by atoms with Gasteiger partial charge in [0, 0.05) is 5.41 Å². The van der Waals surface area contributed by atoms with Crippen molar-refractivity contribution in [2.45, 2.75) is 62.1 Å². The normalized spacial score (nSPS) is 53.2. The fourth-order valence-electron chi connectivity index (χ4n) is 6.40. The van der Waals surface area contributed by atoms with Crippen molar-refractivity contribution in [3.05, 3.63) is 23.8 Å². The molecule has 0 N–H and O–H groups in total. The molecule has 4 aliphatic rings. The Hall–Kier alpha value is -0.220. The van der Waals surface area contributed by atoms with E-state index in [1.54, 1.807) is 12.2 Å². The van der Waals surface area contributed by atoms with Crippen molar-refractivity contribution in [1.82, 2.24) is 0 Å². The number of ketones is 1. The van der Waals surface area contributed by atoms with E-state index in [0.29, 0.717) is 12.3 Å². The van der Waals surface area contributed by atoms with Gasteiger partial charge in [0.1, 0.15) is 5.67 Å². The number of thiol groups is 1. The molecular formula is C20H27FOS2. The van der Waals surface area contributed by atoms with E-state index in [4.69, 9.17) is 12.6 Å². The molecule has 24 heavy (non-hydrogen) atoms. The van der Waals surface area contributed by atoms with Crippen molar-refractivity contribution in [2.24, 2.45) is 22.7 Å². The molecule has 3 fully saturated rings. The minimum Gasteiger partial charge on any atom is -0.290 e. The Labute approximate surface area is 154 Å². The van der Waals surface area contributed by atoms with Crippen molar-refractivity contribution < 1.29 is 9.18 Å². The lowest BCUT2D eigenvalue weighted by atomic mass is 9.47. The Bertz CT molecular complexity index is 658. The van der Waals surface area contributed by atoms with Crippen molar-refractivity contribution in [1.29, 1.82) is 0 Å². The molecule has 6 atom stereocenters. The standard InChI is InChI=1S/C20H27FOS2/c1-17-8-6-14(22)12-13(17)4-5-16-15-7-9-20(23,24-3)18(15,2)10-11-19(16,17)21/h6,8,12,15-16,23H,4-5,7,9-11H2,1-3H3/t15-,16-,17-,18-,19?,20-/m0/s1. The number of alkyl halides is 1. The molecule has 0 aromatic rings. The summed E-state index contributed by atoms with van der Waals surface area (Å²) in [6, 6.07) is 0. The number of carbonyl (C=O) groups is 1. The van der Waals surface area contributed by atoms with Crippen LogP contribution < -0.4 is 0 Å². The highest BCUT2D eigenvalue weighted by molar-refractivity contribution is 8.11. The number of rotatable bonds is 1. The van der Waals surface area contributed by atoms with Crippen molar-refractivity contribution in [2.75, 3.05) is 6.26 Å². The van der Waals surface area contributed by atoms with Crippen molar-refractivity contribution in [3.8, 4) is 0 Å². The minimum atomic E-state index is -1.23. The van der Waals surface area contributed by atoms with Crippen LogP contribution in [0.15, 0.2) is 23.8 Å². The molecule has 0 aromatic heterocycles. The van der Waals surface area contributed by atoms with Gasteiger partial charge in [-0.3, -0.25) is 4.79 Å². The monoisotopic (exact) mass is 366 g/mol. The van der Waals surface area contributed by atoms with E-state index in [1.165, 1.54) is 0 Å². The van der Waals surface area contributed by atoms with Gasteiger partial charge in [0.15, 0.2) is 5.78 Å². The second-order valence-corrected chi connectivity index (χ2v) is 10.8. The van der Waals surface area contributed by atoms with Crippen LogP contribution in [0.1, 0.15) is 52.4 Å². The Balaban J connectivity index is 1.77. The lowest BCUT2D eigenvalue weighted by Gasteiger charge is -2.61. The number of thioether (sulfide) groups is 1. The smallest absolute Gasteiger partial charge is 0.178 e. The van der Waals surface area contributed by atoms with Crippen LogP contribution in [0.3, 0.4) is 0 Å². The predicted molar refractivity (Wildman–Crippen MR) is 102 cm³/mol. The van der Waals surface area contributed by atoms with E-state index in [2.05, 4.69) is 13.2 Å². The van der Waals surface area contributed by atoms with E-state index in [9.17, 15) is 4.79 Å². The summed E-state index contributed by atoms with van der Waals surface area (Å²) in [6.45, 7) is 4.37. The summed E-state index contributed by atoms with van der Waals surface area (Å²) in [7, 11) is 0. The highest BCUT2D eigenvalue weighted by Gasteiger charge is 2.69. The van der Waals surface area contributed by atoms with Crippen molar-refractivity contribution in [3.63, 3.8) is 0 Å². The Morgan fingerprint density at radius 2 is 1.96 bits per heavy atom. The second kappa shape index (κ2) is 5.16. The summed E-state index contributed by atoms with van der Waals surface area (Å²) in [5.74, 6) is 0.492. The predicted octanol–water partition coefficient (Wildman–Crippen LogP) is 5.38. The maximum Gasteiger partial charge on any atom is 0.178 e. The zero-order chi connectivity index (χ0) is 17.4. The van der Waals surface area contributed by atoms with E-state index in [1.807, 2.05) is 24.8 Å². The number of hydrogen-bond donors (Lipinski definition) is 1. The molecular weight excluding hydrogens is 339 g/mol. The van der Waals surface area contributed by atoms with E-state index in [0.717, 1.165) is 37.7 Å². The van der Waals surface area contributed by atoms with Crippen molar-refractivity contribution >= 4 is 30.2 Å². The summed E-state index contributed by atoms with van der Waals surface area (Å²) in [6.07, 6.45) is 12.7. The molecule has 4 aliphatic carbocycles. The first-order valence-corrected chi connectivity index (χ1v) is 10.8. The zero-order valence-electron chi connectivity index (χ0n) is 14.8. The molecule has 0 saturated heterocycles. The molecule has 4 heteroatoms. The average Bonchev–Trinajstić information content (AvgIpc) is 2.82. The molecule has 1 nitrogen and oxygen atoms in total. The lowest BCUT2D eigenvalue weighted by Crippen LogP contribution is -2.60. The summed E-state index contributed by atoms with van der Waals surface area (Å²) in [5.41, 5.74) is -0.721. The van der Waals surface area contributed by atoms with Gasteiger partial charge in [0.25, 0.3) is 0 Å². The number of hydrogen-bond acceptors (Lipinski definition) is 3. The largest absolute Gasteiger partial charge is 0.290 e. The molecule has 0 aromatic carbocycles. The molecule has 0 aliphatic heterocycles. The summed E-state index contributed by atoms with van der Waals surface area (Å²) in [4.78, 5) is 11.8. The number of carbonyl (C=O) groups excluding carboxylic acids is 1. The van der Waals surface area contributed by atoms with Gasteiger partial charge >= 0.3 is 0 Å². The maximum absolute atomic E-state index is 16.6. The topological polar surface area (TPSA) is 17.1 Å². The van der Waals surface area contributed by atoms with E-state index < -0.39 is 11.1 Å². The molecule has 0 amide bonds. The first-order valence-electron chi connectivity index (χ1n) is 9.11. The van der Waals surface area contributed by atoms with Crippen LogP contribution in [-0.2, 0) is 4.79 Å². The fourth-order valence-corrected chi connectivity index (χ4v) is 7.85. The molecule has 1 unspecified atom stereocenters. The molecule has 0 radical (unpaired) electrons. The molecule has 132 valence electrons. The third-order valence-electron chi connectivity index (χ3n) is 8.08. The van der Waals surface area contributed by atoms with E-state index >= 15 is 4.39 Å². The van der Waals surface area contributed by atoms with Gasteiger partial charge in [-0.2, -0.15) is 12.6 Å². The van der Waals surface area contributed by atoms with Crippen LogP contribution in [0, 0.1) is 22.7 Å². The summed E-state index contributed by atoms with van der Waals surface area (Å²) >= 11 is 6.92. The first kappa shape index (κ1) is 17.2. The van der Waals surface area contributed by atoms with E-state index in [-0.39, 0.29) is 21.2 Å². The SMILES string of the molecule is CS[C@@]1(S)CC[C@H]2[C@@H]3CCC4=CC(=O)C=C[C@]4(C)C3(F)CC[C@@]21C.